The number of nitrogens with one attached hydrogen (secondary N) is 1. The molecule has 0 unspecified atom stereocenters. The van der Waals surface area contributed by atoms with Crippen LogP contribution in [0.4, 0.5) is 24.8 Å². The van der Waals surface area contributed by atoms with Gasteiger partial charge in [-0.25, -0.2) is 4.98 Å². The van der Waals surface area contributed by atoms with Gasteiger partial charge in [0.15, 0.2) is 0 Å². The first-order valence-electron chi connectivity index (χ1n) is 7.05. The molecule has 1 aliphatic carbocycles. The molecule has 0 aromatic carbocycles. The highest BCUT2D eigenvalue weighted by atomic mass is 19.4. The number of nitrogens with zero attached hydrogens (tertiary/aromatic N) is 2. The number of halogens is 3. The molecule has 0 aliphatic heterocycles. The summed E-state index contributed by atoms with van der Waals surface area (Å²) in [4.78, 5) is 6.28. The van der Waals surface area contributed by atoms with E-state index in [1.165, 1.54) is 0 Å². The van der Waals surface area contributed by atoms with Gasteiger partial charge in [0.25, 0.3) is 0 Å². The van der Waals surface area contributed by atoms with E-state index in [4.69, 9.17) is 0 Å². The van der Waals surface area contributed by atoms with Gasteiger partial charge in [-0.05, 0) is 38.3 Å². The van der Waals surface area contributed by atoms with Crippen LogP contribution in [0.3, 0.4) is 0 Å². The SMILES string of the molecule is CCCNc1cc(C(F)(F)F)cc(N(CC)C2CC2)n1. The van der Waals surface area contributed by atoms with Crippen LogP contribution in [0.1, 0.15) is 38.7 Å². The van der Waals surface area contributed by atoms with Crippen LogP contribution in [0.25, 0.3) is 0 Å². The van der Waals surface area contributed by atoms with Gasteiger partial charge in [-0.3, -0.25) is 0 Å². The summed E-state index contributed by atoms with van der Waals surface area (Å²) in [6, 6.07) is 2.58. The molecule has 1 aromatic rings. The minimum atomic E-state index is -4.34. The molecule has 3 nitrogen and oxygen atoms in total. The summed E-state index contributed by atoms with van der Waals surface area (Å²) in [7, 11) is 0. The zero-order chi connectivity index (χ0) is 14.8. The average Bonchev–Trinajstić information content (AvgIpc) is 3.20. The van der Waals surface area contributed by atoms with Gasteiger partial charge in [-0.1, -0.05) is 6.92 Å². The van der Waals surface area contributed by atoms with E-state index in [1.807, 2.05) is 18.7 Å². The van der Waals surface area contributed by atoms with Gasteiger partial charge in [0.2, 0.25) is 0 Å². The van der Waals surface area contributed by atoms with Crippen molar-refractivity contribution in [1.82, 2.24) is 4.98 Å². The summed E-state index contributed by atoms with van der Waals surface area (Å²) in [5.74, 6) is 0.721. The summed E-state index contributed by atoms with van der Waals surface area (Å²) in [6.45, 7) is 5.19. The van der Waals surface area contributed by atoms with Crippen molar-refractivity contribution in [1.29, 1.82) is 0 Å². The van der Waals surface area contributed by atoms with E-state index in [2.05, 4.69) is 10.3 Å². The quantitative estimate of drug-likeness (QED) is 0.859. The zero-order valence-corrected chi connectivity index (χ0v) is 11.8. The molecule has 0 radical (unpaired) electrons. The zero-order valence-electron chi connectivity index (χ0n) is 11.8. The maximum absolute atomic E-state index is 13.0. The third kappa shape index (κ3) is 3.55. The summed E-state index contributed by atoms with van der Waals surface area (Å²) < 4.78 is 38.9. The fourth-order valence-electron chi connectivity index (χ4n) is 2.16. The minimum Gasteiger partial charge on any atom is -0.370 e. The van der Waals surface area contributed by atoms with Crippen molar-refractivity contribution in [3.05, 3.63) is 17.7 Å². The predicted molar refractivity (Wildman–Crippen MR) is 74.1 cm³/mol. The highest BCUT2D eigenvalue weighted by molar-refractivity contribution is 5.52. The normalized spacial score (nSPS) is 15.2. The molecular weight excluding hydrogens is 267 g/mol. The number of pyridine rings is 1. The van der Waals surface area contributed by atoms with Crippen LogP contribution in [0.2, 0.25) is 0 Å². The molecule has 0 atom stereocenters. The van der Waals surface area contributed by atoms with Gasteiger partial charge in [0.1, 0.15) is 11.6 Å². The van der Waals surface area contributed by atoms with Crippen LogP contribution in [0.15, 0.2) is 12.1 Å². The lowest BCUT2D eigenvalue weighted by Gasteiger charge is -2.23. The standard InChI is InChI=1S/C14H20F3N3/c1-3-7-18-12-8-10(14(15,16)17)9-13(19-12)20(4-2)11-5-6-11/h8-9,11H,3-7H2,1-2H3,(H,18,19). The second-order valence-electron chi connectivity index (χ2n) is 5.04. The molecule has 0 bridgehead atoms. The summed E-state index contributed by atoms with van der Waals surface area (Å²) >= 11 is 0. The first kappa shape index (κ1) is 14.9. The molecule has 1 aliphatic rings. The van der Waals surface area contributed by atoms with Gasteiger partial charge in [-0.2, -0.15) is 13.2 Å². The molecule has 112 valence electrons. The Hall–Kier alpha value is -1.46. The highest BCUT2D eigenvalue weighted by Crippen LogP contribution is 2.36. The lowest BCUT2D eigenvalue weighted by Crippen LogP contribution is -2.27. The van der Waals surface area contributed by atoms with E-state index in [1.54, 1.807) is 0 Å². The Morgan fingerprint density at radius 1 is 1.30 bits per heavy atom. The molecule has 1 fully saturated rings. The fourth-order valence-corrected chi connectivity index (χ4v) is 2.16. The monoisotopic (exact) mass is 287 g/mol. The number of hydrogen-bond acceptors (Lipinski definition) is 3. The third-order valence-corrected chi connectivity index (χ3v) is 3.32. The van der Waals surface area contributed by atoms with Crippen LogP contribution in [0, 0.1) is 0 Å². The first-order valence-corrected chi connectivity index (χ1v) is 7.05. The highest BCUT2D eigenvalue weighted by Gasteiger charge is 2.34. The second-order valence-corrected chi connectivity index (χ2v) is 5.04. The molecule has 1 N–H and O–H groups in total. The van der Waals surface area contributed by atoms with E-state index in [9.17, 15) is 13.2 Å². The average molecular weight is 287 g/mol. The topological polar surface area (TPSA) is 28.2 Å². The predicted octanol–water partition coefficient (Wildman–Crippen LogP) is 3.91. The minimum absolute atomic E-state index is 0.302. The van der Waals surface area contributed by atoms with E-state index in [-0.39, 0.29) is 0 Å². The number of alkyl halides is 3. The lowest BCUT2D eigenvalue weighted by molar-refractivity contribution is -0.137. The number of anilines is 2. The first-order chi connectivity index (χ1) is 9.45. The van der Waals surface area contributed by atoms with Gasteiger partial charge in [0.05, 0.1) is 5.56 Å². The largest absolute Gasteiger partial charge is 0.416 e. The maximum atomic E-state index is 13.0. The van der Waals surface area contributed by atoms with Gasteiger partial charge in [-0.15, -0.1) is 0 Å². The summed E-state index contributed by atoms with van der Waals surface area (Å²) in [5.41, 5.74) is -0.639. The Bertz CT molecular complexity index is 455. The maximum Gasteiger partial charge on any atom is 0.416 e. The molecule has 6 heteroatoms. The molecule has 0 saturated heterocycles. The molecular formula is C14H20F3N3. The van der Waals surface area contributed by atoms with Crippen LogP contribution in [-0.4, -0.2) is 24.1 Å². The lowest BCUT2D eigenvalue weighted by atomic mass is 10.2. The van der Waals surface area contributed by atoms with Crippen molar-refractivity contribution in [2.45, 2.75) is 45.3 Å². The van der Waals surface area contributed by atoms with Crippen LogP contribution in [-0.2, 0) is 6.18 Å². The molecule has 2 rings (SSSR count). The summed E-state index contributed by atoms with van der Waals surface area (Å²) in [5, 5.41) is 2.95. The van der Waals surface area contributed by atoms with Crippen LogP contribution >= 0.6 is 0 Å². The van der Waals surface area contributed by atoms with E-state index >= 15 is 0 Å². The van der Waals surface area contributed by atoms with Gasteiger partial charge in [0, 0.05) is 19.1 Å². The Kier molecular flexibility index (Phi) is 4.40. The molecule has 1 saturated carbocycles. The Labute approximate surface area is 117 Å². The van der Waals surface area contributed by atoms with Crippen molar-refractivity contribution in [2.24, 2.45) is 0 Å². The van der Waals surface area contributed by atoms with Crippen LogP contribution in [0.5, 0.6) is 0 Å². The number of rotatable bonds is 6. The number of aromatic nitrogens is 1. The molecule has 20 heavy (non-hydrogen) atoms. The molecule has 1 aromatic heterocycles. The number of hydrogen-bond donors (Lipinski definition) is 1. The summed E-state index contributed by atoms with van der Waals surface area (Å²) in [6.07, 6.45) is -1.44. The van der Waals surface area contributed by atoms with Crippen molar-refractivity contribution >= 4 is 11.6 Å². The van der Waals surface area contributed by atoms with Gasteiger partial charge >= 0.3 is 6.18 Å². The van der Waals surface area contributed by atoms with Crippen molar-refractivity contribution in [3.63, 3.8) is 0 Å². The third-order valence-electron chi connectivity index (χ3n) is 3.32. The molecule has 1 heterocycles. The van der Waals surface area contributed by atoms with Crippen molar-refractivity contribution in [3.8, 4) is 0 Å². The molecule has 0 spiro atoms. The van der Waals surface area contributed by atoms with E-state index in [0.29, 0.717) is 30.8 Å². The van der Waals surface area contributed by atoms with E-state index < -0.39 is 11.7 Å². The van der Waals surface area contributed by atoms with Crippen molar-refractivity contribution in [2.75, 3.05) is 23.3 Å². The van der Waals surface area contributed by atoms with Gasteiger partial charge < -0.3 is 10.2 Å². The van der Waals surface area contributed by atoms with E-state index in [0.717, 1.165) is 31.4 Å². The Morgan fingerprint density at radius 2 is 2.00 bits per heavy atom. The van der Waals surface area contributed by atoms with Crippen LogP contribution < -0.4 is 10.2 Å². The Balaban J connectivity index is 2.33. The smallest absolute Gasteiger partial charge is 0.370 e. The van der Waals surface area contributed by atoms with Crippen molar-refractivity contribution < 1.29 is 13.2 Å². The molecule has 0 amide bonds. The second kappa shape index (κ2) is 5.89. The fraction of sp³-hybridized carbons (Fsp3) is 0.643. The Morgan fingerprint density at radius 3 is 2.50 bits per heavy atom.